The zero-order valence-corrected chi connectivity index (χ0v) is 14.8. The monoisotopic (exact) mass is 353 g/mol. The van der Waals surface area contributed by atoms with Gasteiger partial charge in [-0.3, -0.25) is 9.69 Å². The van der Waals surface area contributed by atoms with E-state index in [0.717, 1.165) is 45.9 Å². The number of amides is 1. The van der Waals surface area contributed by atoms with Crippen LogP contribution in [0.1, 0.15) is 32.1 Å². The Balaban J connectivity index is 0.00000121. The fourth-order valence-corrected chi connectivity index (χ4v) is 3.79. The predicted molar refractivity (Wildman–Crippen MR) is 92.1 cm³/mol. The Morgan fingerprint density at radius 3 is 2.36 bits per heavy atom. The first-order chi connectivity index (χ1) is 9.78. The molecule has 0 radical (unpaired) electrons. The first kappa shape index (κ1) is 20.0. The Labute approximate surface area is 145 Å². The van der Waals surface area contributed by atoms with Crippen LogP contribution in [-0.4, -0.2) is 62.3 Å². The summed E-state index contributed by atoms with van der Waals surface area (Å²) >= 11 is 0. The Morgan fingerprint density at radius 1 is 1.18 bits per heavy atom. The predicted octanol–water partition coefficient (Wildman–Crippen LogP) is 1.20. The summed E-state index contributed by atoms with van der Waals surface area (Å²) in [6.45, 7) is 6.54. The lowest BCUT2D eigenvalue weighted by Crippen LogP contribution is -2.54. The summed E-state index contributed by atoms with van der Waals surface area (Å²) in [6.07, 6.45) is 5.54. The van der Waals surface area contributed by atoms with Crippen LogP contribution >= 0.6 is 24.8 Å². The van der Waals surface area contributed by atoms with Gasteiger partial charge in [0, 0.05) is 50.6 Å². The highest BCUT2D eigenvalue weighted by atomic mass is 35.5. The summed E-state index contributed by atoms with van der Waals surface area (Å²) in [7, 11) is 0. The van der Waals surface area contributed by atoms with Gasteiger partial charge in [-0.25, -0.2) is 0 Å². The maximum absolute atomic E-state index is 12.3. The van der Waals surface area contributed by atoms with Crippen molar-refractivity contribution in [1.29, 1.82) is 0 Å². The second kappa shape index (κ2) is 9.28. The van der Waals surface area contributed by atoms with Gasteiger partial charge in [0.15, 0.2) is 0 Å². The molecular weight excluding hydrogens is 325 g/mol. The van der Waals surface area contributed by atoms with Crippen molar-refractivity contribution in [2.45, 2.75) is 37.6 Å². The molecule has 130 valence electrons. The molecule has 22 heavy (non-hydrogen) atoms. The molecule has 2 heterocycles. The first-order valence-electron chi connectivity index (χ1n) is 8.09. The molecule has 1 saturated carbocycles. The lowest BCUT2D eigenvalue weighted by molar-refractivity contribution is -0.125. The zero-order valence-electron chi connectivity index (χ0n) is 13.1. The molecule has 0 bridgehead atoms. The molecular formula is C15H29Cl2N3O2. The molecule has 5 nitrogen and oxygen atoms in total. The van der Waals surface area contributed by atoms with Crippen molar-refractivity contribution in [2.75, 3.05) is 45.9 Å². The number of nitrogens with zero attached hydrogens (tertiary/aromatic N) is 1. The van der Waals surface area contributed by atoms with E-state index in [0.29, 0.717) is 12.3 Å². The molecule has 1 amide bonds. The fraction of sp³-hybridized carbons (Fsp3) is 0.933. The van der Waals surface area contributed by atoms with Crippen molar-refractivity contribution >= 4 is 30.7 Å². The van der Waals surface area contributed by atoms with Crippen molar-refractivity contribution in [2.24, 2.45) is 5.92 Å². The molecule has 0 atom stereocenters. The van der Waals surface area contributed by atoms with E-state index in [-0.39, 0.29) is 36.3 Å². The van der Waals surface area contributed by atoms with Gasteiger partial charge in [-0.1, -0.05) is 12.8 Å². The number of morpholine rings is 1. The van der Waals surface area contributed by atoms with Crippen molar-refractivity contribution in [1.82, 2.24) is 15.5 Å². The number of carbonyl (C=O) groups excluding carboxylic acids is 1. The average Bonchev–Trinajstić information content (AvgIpc) is 2.88. The third kappa shape index (κ3) is 4.71. The van der Waals surface area contributed by atoms with Gasteiger partial charge in [-0.15, -0.1) is 24.8 Å². The maximum atomic E-state index is 12.3. The fourth-order valence-electron chi connectivity index (χ4n) is 3.79. The quantitative estimate of drug-likeness (QED) is 0.779. The minimum atomic E-state index is 0. The van der Waals surface area contributed by atoms with E-state index in [1.165, 1.54) is 25.7 Å². The molecule has 0 aromatic heterocycles. The van der Waals surface area contributed by atoms with Crippen molar-refractivity contribution < 1.29 is 9.53 Å². The van der Waals surface area contributed by atoms with Gasteiger partial charge in [0.05, 0.1) is 13.2 Å². The standard InChI is InChI=1S/C15H27N3O2.2ClH/c19-14(17-12-13-10-16-11-13)9-15(3-1-2-4-15)18-5-7-20-8-6-18;;/h13,16H,1-12H2,(H,17,19);2*1H. The Hall–Kier alpha value is -0.0700. The van der Waals surface area contributed by atoms with E-state index in [1.54, 1.807) is 0 Å². The lowest BCUT2D eigenvalue weighted by atomic mass is 9.89. The van der Waals surface area contributed by atoms with Crippen LogP contribution < -0.4 is 10.6 Å². The van der Waals surface area contributed by atoms with E-state index in [4.69, 9.17) is 4.74 Å². The Kier molecular flexibility index (Phi) is 8.43. The summed E-state index contributed by atoms with van der Waals surface area (Å²) in [5, 5.41) is 6.38. The van der Waals surface area contributed by atoms with Crippen LogP contribution in [0.4, 0.5) is 0 Å². The molecule has 3 fully saturated rings. The van der Waals surface area contributed by atoms with Crippen LogP contribution in [0.3, 0.4) is 0 Å². The van der Waals surface area contributed by atoms with E-state index < -0.39 is 0 Å². The minimum Gasteiger partial charge on any atom is -0.379 e. The van der Waals surface area contributed by atoms with Gasteiger partial charge in [0.2, 0.25) is 5.91 Å². The molecule has 1 aliphatic carbocycles. The summed E-state index contributed by atoms with van der Waals surface area (Å²) in [6, 6.07) is 0. The summed E-state index contributed by atoms with van der Waals surface area (Å²) in [5.74, 6) is 0.882. The summed E-state index contributed by atoms with van der Waals surface area (Å²) in [5.41, 5.74) is 0.117. The van der Waals surface area contributed by atoms with Crippen LogP contribution in [0.25, 0.3) is 0 Å². The first-order valence-corrected chi connectivity index (χ1v) is 8.09. The number of halogens is 2. The highest BCUT2D eigenvalue weighted by molar-refractivity contribution is 5.85. The van der Waals surface area contributed by atoms with Gasteiger partial charge in [-0.2, -0.15) is 0 Å². The molecule has 0 spiro atoms. The van der Waals surface area contributed by atoms with Crippen LogP contribution in [0, 0.1) is 5.92 Å². The molecule has 7 heteroatoms. The van der Waals surface area contributed by atoms with Crippen molar-refractivity contribution in [3.05, 3.63) is 0 Å². The number of nitrogens with one attached hydrogen (secondary N) is 2. The number of rotatable bonds is 5. The second-order valence-corrected chi connectivity index (χ2v) is 6.54. The molecule has 0 aromatic carbocycles. The zero-order chi connectivity index (χ0) is 13.8. The minimum absolute atomic E-state index is 0. The SMILES string of the molecule is Cl.Cl.O=C(CC1(N2CCOCC2)CCCC1)NCC1CNC1. The largest absolute Gasteiger partial charge is 0.379 e. The molecule has 2 saturated heterocycles. The van der Waals surface area contributed by atoms with E-state index in [9.17, 15) is 4.79 Å². The summed E-state index contributed by atoms with van der Waals surface area (Å²) in [4.78, 5) is 14.8. The van der Waals surface area contributed by atoms with Gasteiger partial charge >= 0.3 is 0 Å². The molecule has 0 aromatic rings. The Bertz CT molecular complexity index is 342. The highest BCUT2D eigenvalue weighted by Crippen LogP contribution is 2.38. The number of hydrogen-bond acceptors (Lipinski definition) is 4. The summed E-state index contributed by atoms with van der Waals surface area (Å²) < 4.78 is 5.46. The molecule has 3 aliphatic rings. The third-order valence-corrected chi connectivity index (χ3v) is 5.16. The van der Waals surface area contributed by atoms with Gasteiger partial charge in [0.25, 0.3) is 0 Å². The van der Waals surface area contributed by atoms with Crippen LogP contribution in [0.15, 0.2) is 0 Å². The second-order valence-electron chi connectivity index (χ2n) is 6.54. The number of hydrogen-bond donors (Lipinski definition) is 2. The number of ether oxygens (including phenoxy) is 1. The van der Waals surface area contributed by atoms with Gasteiger partial charge in [-0.05, 0) is 12.8 Å². The van der Waals surface area contributed by atoms with E-state index >= 15 is 0 Å². The van der Waals surface area contributed by atoms with E-state index in [2.05, 4.69) is 15.5 Å². The van der Waals surface area contributed by atoms with Crippen molar-refractivity contribution in [3.63, 3.8) is 0 Å². The molecule has 0 unspecified atom stereocenters. The van der Waals surface area contributed by atoms with Crippen LogP contribution in [0.5, 0.6) is 0 Å². The molecule has 3 rings (SSSR count). The van der Waals surface area contributed by atoms with Gasteiger partial charge in [0.1, 0.15) is 0 Å². The normalized spacial score (nSPS) is 24.7. The smallest absolute Gasteiger partial charge is 0.221 e. The molecule has 2 N–H and O–H groups in total. The maximum Gasteiger partial charge on any atom is 0.221 e. The van der Waals surface area contributed by atoms with E-state index in [1.807, 2.05) is 0 Å². The Morgan fingerprint density at radius 2 is 1.82 bits per heavy atom. The average molecular weight is 354 g/mol. The van der Waals surface area contributed by atoms with Crippen LogP contribution in [-0.2, 0) is 9.53 Å². The topological polar surface area (TPSA) is 53.6 Å². The third-order valence-electron chi connectivity index (χ3n) is 5.16. The van der Waals surface area contributed by atoms with Crippen molar-refractivity contribution in [3.8, 4) is 0 Å². The highest BCUT2D eigenvalue weighted by Gasteiger charge is 2.41. The van der Waals surface area contributed by atoms with Gasteiger partial charge < -0.3 is 15.4 Å². The molecule has 2 aliphatic heterocycles. The van der Waals surface area contributed by atoms with Crippen LogP contribution in [0.2, 0.25) is 0 Å². The number of carbonyl (C=O) groups is 1. The lowest BCUT2D eigenvalue weighted by Gasteiger charge is -2.43.